The minimum atomic E-state index is -0.782. The number of carbonyl (C=O) groups is 1. The van der Waals surface area contributed by atoms with Crippen LogP contribution in [0.15, 0.2) is 18.2 Å². The van der Waals surface area contributed by atoms with Crippen molar-refractivity contribution < 1.29 is 14.1 Å². The maximum absolute atomic E-state index is 13.0. The van der Waals surface area contributed by atoms with Gasteiger partial charge in [-0.25, -0.2) is 4.39 Å². The fourth-order valence-electron chi connectivity index (χ4n) is 0.935. The van der Waals surface area contributed by atoms with E-state index in [-0.39, 0.29) is 11.3 Å². The third-order valence-electron chi connectivity index (χ3n) is 1.63. The number of hydrogen-bond donors (Lipinski definition) is 1. The summed E-state index contributed by atoms with van der Waals surface area (Å²) in [5.74, 6) is -1.47. The quantitative estimate of drug-likeness (QED) is 0.571. The van der Waals surface area contributed by atoms with Crippen LogP contribution in [0, 0.1) is 15.9 Å². The molecule has 0 aliphatic carbocycles. The van der Waals surface area contributed by atoms with Crippen molar-refractivity contribution >= 4 is 11.6 Å². The van der Waals surface area contributed by atoms with Crippen LogP contribution in [0.1, 0.15) is 10.4 Å². The SMILES string of the molecule is CNC(=O)c1cc([N+](=O)[O-])ccc1F. The molecule has 0 atom stereocenters. The Balaban J connectivity index is 3.21. The molecule has 14 heavy (non-hydrogen) atoms. The minimum Gasteiger partial charge on any atom is -0.355 e. The molecule has 1 aromatic carbocycles. The molecule has 0 heterocycles. The van der Waals surface area contributed by atoms with Crippen molar-refractivity contribution in [2.75, 3.05) is 7.05 Å². The van der Waals surface area contributed by atoms with Crippen LogP contribution in [-0.2, 0) is 0 Å². The van der Waals surface area contributed by atoms with Crippen LogP contribution < -0.4 is 5.32 Å². The van der Waals surface area contributed by atoms with E-state index in [1.807, 2.05) is 0 Å². The molecule has 0 radical (unpaired) electrons. The summed E-state index contributed by atoms with van der Waals surface area (Å²) >= 11 is 0. The van der Waals surface area contributed by atoms with E-state index in [9.17, 15) is 19.3 Å². The third-order valence-corrected chi connectivity index (χ3v) is 1.63. The highest BCUT2D eigenvalue weighted by molar-refractivity contribution is 5.94. The second-order valence-electron chi connectivity index (χ2n) is 2.50. The number of nitrogens with zero attached hydrogens (tertiary/aromatic N) is 1. The molecule has 1 amide bonds. The summed E-state index contributed by atoms with van der Waals surface area (Å²) in [6.07, 6.45) is 0. The highest BCUT2D eigenvalue weighted by Gasteiger charge is 2.15. The smallest absolute Gasteiger partial charge is 0.270 e. The van der Waals surface area contributed by atoms with E-state index in [1.165, 1.54) is 7.05 Å². The molecule has 0 bridgehead atoms. The lowest BCUT2D eigenvalue weighted by molar-refractivity contribution is -0.384. The highest BCUT2D eigenvalue weighted by atomic mass is 19.1. The van der Waals surface area contributed by atoms with Crippen molar-refractivity contribution in [3.8, 4) is 0 Å². The first-order chi connectivity index (χ1) is 6.56. The van der Waals surface area contributed by atoms with Gasteiger partial charge >= 0.3 is 0 Å². The molecule has 1 rings (SSSR count). The van der Waals surface area contributed by atoms with Gasteiger partial charge in [0.25, 0.3) is 11.6 Å². The van der Waals surface area contributed by atoms with Gasteiger partial charge in [0.1, 0.15) is 5.82 Å². The van der Waals surface area contributed by atoms with Crippen molar-refractivity contribution in [3.63, 3.8) is 0 Å². The van der Waals surface area contributed by atoms with Gasteiger partial charge in [0.2, 0.25) is 0 Å². The lowest BCUT2D eigenvalue weighted by atomic mass is 10.2. The van der Waals surface area contributed by atoms with Crippen molar-refractivity contribution in [3.05, 3.63) is 39.7 Å². The van der Waals surface area contributed by atoms with Crippen molar-refractivity contribution in [1.82, 2.24) is 5.32 Å². The van der Waals surface area contributed by atoms with Crippen molar-refractivity contribution in [2.45, 2.75) is 0 Å². The van der Waals surface area contributed by atoms with Gasteiger partial charge in [0.05, 0.1) is 10.5 Å². The van der Waals surface area contributed by atoms with Crippen molar-refractivity contribution in [1.29, 1.82) is 0 Å². The van der Waals surface area contributed by atoms with E-state index in [0.29, 0.717) is 0 Å². The van der Waals surface area contributed by atoms with Crippen LogP contribution in [-0.4, -0.2) is 17.9 Å². The second-order valence-corrected chi connectivity index (χ2v) is 2.50. The molecule has 1 aromatic rings. The molecule has 0 fully saturated rings. The topological polar surface area (TPSA) is 72.2 Å². The minimum absolute atomic E-state index is 0.315. The van der Waals surface area contributed by atoms with E-state index < -0.39 is 16.6 Å². The summed E-state index contributed by atoms with van der Waals surface area (Å²) in [5, 5.41) is 12.5. The standard InChI is InChI=1S/C8H7FN2O3/c1-10-8(12)6-4-5(11(13)14)2-3-7(6)9/h2-4H,1H3,(H,10,12). The van der Waals surface area contributed by atoms with Crippen LogP contribution in [0.25, 0.3) is 0 Å². The van der Waals surface area contributed by atoms with Gasteiger partial charge < -0.3 is 5.32 Å². The molecule has 0 aromatic heterocycles. The first kappa shape index (κ1) is 10.1. The fraction of sp³-hybridized carbons (Fsp3) is 0.125. The van der Waals surface area contributed by atoms with E-state index in [2.05, 4.69) is 5.32 Å². The van der Waals surface area contributed by atoms with Crippen LogP contribution >= 0.6 is 0 Å². The van der Waals surface area contributed by atoms with E-state index in [1.54, 1.807) is 0 Å². The Hall–Kier alpha value is -1.98. The first-order valence-corrected chi connectivity index (χ1v) is 3.72. The molecular formula is C8H7FN2O3. The summed E-state index contributed by atoms with van der Waals surface area (Å²) < 4.78 is 13.0. The van der Waals surface area contributed by atoms with Gasteiger partial charge in [-0.15, -0.1) is 0 Å². The fourth-order valence-corrected chi connectivity index (χ4v) is 0.935. The molecule has 0 saturated carbocycles. The summed E-state index contributed by atoms with van der Waals surface area (Å²) in [7, 11) is 1.32. The molecule has 0 aliphatic heterocycles. The van der Waals surface area contributed by atoms with Gasteiger partial charge in [0, 0.05) is 19.2 Å². The number of hydrogen-bond acceptors (Lipinski definition) is 3. The van der Waals surface area contributed by atoms with Gasteiger partial charge in [-0.1, -0.05) is 0 Å². The van der Waals surface area contributed by atoms with Gasteiger partial charge in [0.15, 0.2) is 0 Å². The normalized spacial score (nSPS) is 9.57. The second kappa shape index (κ2) is 3.82. The Labute approximate surface area is 78.7 Å². The van der Waals surface area contributed by atoms with Gasteiger partial charge in [-0.3, -0.25) is 14.9 Å². The number of non-ortho nitro benzene ring substituents is 1. The highest BCUT2D eigenvalue weighted by Crippen LogP contribution is 2.16. The number of nitro groups is 1. The Morgan fingerprint density at radius 1 is 1.57 bits per heavy atom. The summed E-state index contributed by atoms with van der Waals surface area (Å²) in [5.41, 5.74) is -0.647. The zero-order valence-electron chi connectivity index (χ0n) is 7.28. The number of halogens is 1. The number of rotatable bonds is 2. The maximum atomic E-state index is 13.0. The Morgan fingerprint density at radius 3 is 2.71 bits per heavy atom. The number of nitro benzene ring substituents is 1. The maximum Gasteiger partial charge on any atom is 0.270 e. The summed E-state index contributed by atoms with van der Waals surface area (Å²) in [6, 6.07) is 2.79. The molecule has 0 unspecified atom stereocenters. The molecular weight excluding hydrogens is 191 g/mol. The predicted molar refractivity (Wildman–Crippen MR) is 46.4 cm³/mol. The lowest BCUT2D eigenvalue weighted by Crippen LogP contribution is -2.19. The molecule has 1 N–H and O–H groups in total. The number of carbonyl (C=O) groups excluding carboxylic acids is 1. The summed E-state index contributed by atoms with van der Waals surface area (Å²) in [4.78, 5) is 20.7. The Kier molecular flexibility index (Phi) is 2.76. The average molecular weight is 198 g/mol. The Morgan fingerprint density at radius 2 is 2.21 bits per heavy atom. The van der Waals surface area contributed by atoms with Crippen LogP contribution in [0.5, 0.6) is 0 Å². The van der Waals surface area contributed by atoms with Gasteiger partial charge in [-0.05, 0) is 6.07 Å². The molecule has 0 spiro atoms. The van der Waals surface area contributed by atoms with E-state index >= 15 is 0 Å². The molecule has 74 valence electrons. The molecule has 6 heteroatoms. The predicted octanol–water partition coefficient (Wildman–Crippen LogP) is 1.09. The molecule has 0 saturated heterocycles. The lowest BCUT2D eigenvalue weighted by Gasteiger charge is -2.00. The Bertz CT molecular complexity index is 392. The molecule has 5 nitrogen and oxygen atoms in total. The van der Waals surface area contributed by atoms with Crippen LogP contribution in [0.2, 0.25) is 0 Å². The van der Waals surface area contributed by atoms with Gasteiger partial charge in [-0.2, -0.15) is 0 Å². The van der Waals surface area contributed by atoms with Crippen LogP contribution in [0.3, 0.4) is 0 Å². The van der Waals surface area contributed by atoms with E-state index in [4.69, 9.17) is 0 Å². The first-order valence-electron chi connectivity index (χ1n) is 3.72. The number of amides is 1. The summed E-state index contributed by atoms with van der Waals surface area (Å²) in [6.45, 7) is 0. The average Bonchev–Trinajstić information content (AvgIpc) is 2.17. The zero-order chi connectivity index (χ0) is 10.7. The third kappa shape index (κ3) is 1.85. The molecule has 0 aliphatic rings. The number of nitrogens with one attached hydrogen (secondary N) is 1. The van der Waals surface area contributed by atoms with Crippen LogP contribution in [0.4, 0.5) is 10.1 Å². The van der Waals surface area contributed by atoms with E-state index in [0.717, 1.165) is 18.2 Å². The largest absolute Gasteiger partial charge is 0.355 e. The zero-order valence-corrected chi connectivity index (χ0v) is 7.28. The van der Waals surface area contributed by atoms with Crippen molar-refractivity contribution in [2.24, 2.45) is 0 Å². The monoisotopic (exact) mass is 198 g/mol. The number of benzene rings is 1.